The molecule has 0 spiro atoms. The molecule has 5 atom stereocenters. The van der Waals surface area contributed by atoms with Crippen molar-refractivity contribution in [2.45, 2.75) is 56.1 Å². The van der Waals surface area contributed by atoms with E-state index in [1.165, 1.54) is 24.4 Å². The van der Waals surface area contributed by atoms with Crippen LogP contribution in [0.4, 0.5) is 0 Å². The lowest BCUT2D eigenvalue weighted by Gasteiger charge is -2.32. The van der Waals surface area contributed by atoms with Crippen LogP contribution in [0.5, 0.6) is 0 Å². The second-order valence-electron chi connectivity index (χ2n) is 5.76. The fourth-order valence-electron chi connectivity index (χ4n) is 2.76. The van der Waals surface area contributed by atoms with Crippen molar-refractivity contribution in [3.8, 4) is 0 Å². The summed E-state index contributed by atoms with van der Waals surface area (Å²) in [7, 11) is 0. The summed E-state index contributed by atoms with van der Waals surface area (Å²) in [6.07, 6.45) is 1.62. The molecule has 0 bridgehead atoms. The number of ether oxygens (including phenoxy) is 1. The van der Waals surface area contributed by atoms with Gasteiger partial charge in [-0.15, -0.1) is 11.8 Å². The second kappa shape index (κ2) is 6.31. The Kier molecular flexibility index (Phi) is 4.54. The molecule has 8 nitrogen and oxygen atoms in total. The van der Waals surface area contributed by atoms with Gasteiger partial charge in [-0.05, 0) is 19.1 Å². The van der Waals surface area contributed by atoms with E-state index in [0.29, 0.717) is 5.84 Å². The van der Waals surface area contributed by atoms with Crippen LogP contribution in [0.25, 0.3) is 0 Å². The first kappa shape index (κ1) is 16.6. The number of aliphatic imine (C=N–C) groups is 3. The summed E-state index contributed by atoms with van der Waals surface area (Å²) in [5.41, 5.74) is 0. The maximum atomic E-state index is 10.2. The third kappa shape index (κ3) is 2.61. The number of fused-ring (bicyclic) bond motifs is 1. The van der Waals surface area contributed by atoms with Crippen molar-refractivity contribution in [3.63, 3.8) is 0 Å². The Balaban J connectivity index is 1.86. The predicted octanol–water partition coefficient (Wildman–Crippen LogP) is 0.444. The molecule has 0 amide bonds. The molecular formula is C14H21N5O3S. The van der Waals surface area contributed by atoms with E-state index in [1.54, 1.807) is 11.8 Å². The Morgan fingerprint density at radius 2 is 2.22 bits per heavy atom. The molecule has 0 saturated carbocycles. The molecule has 3 heterocycles. The zero-order valence-corrected chi connectivity index (χ0v) is 13.9. The maximum Gasteiger partial charge on any atom is 0.224 e. The highest BCUT2D eigenvalue weighted by molar-refractivity contribution is 8.02. The quantitative estimate of drug-likeness (QED) is 0.629. The highest BCUT2D eigenvalue weighted by Gasteiger charge is 2.54. The van der Waals surface area contributed by atoms with Gasteiger partial charge in [-0.25, -0.2) is 15.0 Å². The summed E-state index contributed by atoms with van der Waals surface area (Å²) in [5, 5.41) is 28.3. The Labute approximate surface area is 138 Å². The van der Waals surface area contributed by atoms with E-state index in [-0.39, 0.29) is 5.84 Å². The third-order valence-corrected chi connectivity index (χ3v) is 5.55. The van der Waals surface area contributed by atoms with E-state index in [4.69, 9.17) is 10.1 Å². The van der Waals surface area contributed by atoms with E-state index >= 15 is 0 Å². The van der Waals surface area contributed by atoms with Crippen molar-refractivity contribution in [2.75, 3.05) is 5.75 Å². The molecule has 3 aliphatic rings. The van der Waals surface area contributed by atoms with Gasteiger partial charge in [0.05, 0.1) is 12.4 Å². The number of amidine groups is 2. The highest BCUT2D eigenvalue weighted by atomic mass is 32.2. The third-order valence-electron chi connectivity index (χ3n) is 4.16. The van der Waals surface area contributed by atoms with Gasteiger partial charge in [0.1, 0.15) is 18.5 Å². The van der Waals surface area contributed by atoms with Crippen LogP contribution in [0.3, 0.4) is 0 Å². The Bertz CT molecular complexity index is 581. The fourth-order valence-corrected chi connectivity index (χ4v) is 4.09. The van der Waals surface area contributed by atoms with Gasteiger partial charge in [-0.3, -0.25) is 10.3 Å². The van der Waals surface area contributed by atoms with Crippen LogP contribution in [0.2, 0.25) is 0 Å². The van der Waals surface area contributed by atoms with Crippen LogP contribution in [0, 0.1) is 5.41 Å². The Morgan fingerprint density at radius 1 is 1.43 bits per heavy atom. The molecule has 1 saturated heterocycles. The zero-order chi connectivity index (χ0) is 16.6. The van der Waals surface area contributed by atoms with Crippen molar-refractivity contribution in [1.82, 2.24) is 4.90 Å². The smallest absolute Gasteiger partial charge is 0.224 e. The number of hydrogen-bond donors (Lipinski definition) is 3. The summed E-state index contributed by atoms with van der Waals surface area (Å²) in [6.45, 7) is 3.81. The minimum atomic E-state index is -1.07. The van der Waals surface area contributed by atoms with Gasteiger partial charge in [0, 0.05) is 0 Å². The number of nitrogens with zero attached hydrogens (tertiary/aromatic N) is 4. The van der Waals surface area contributed by atoms with Crippen molar-refractivity contribution < 1.29 is 14.9 Å². The molecular weight excluding hydrogens is 318 g/mol. The molecule has 126 valence electrons. The number of hydrogen-bond acceptors (Lipinski definition) is 8. The van der Waals surface area contributed by atoms with E-state index < -0.39 is 29.4 Å². The number of nitrogens with one attached hydrogen (secondary N) is 1. The Morgan fingerprint density at radius 3 is 2.87 bits per heavy atom. The molecule has 0 aromatic rings. The number of aliphatic hydroxyl groups is 2. The SMILES string of the molecule is CCCCSC12N=CN([C@@H]3O[C@H](C)[C@@H](O)[C@H]3O)C1=NC=NC2=N. The second-order valence-corrected chi connectivity index (χ2v) is 7.04. The molecule has 3 rings (SSSR count). The number of unbranched alkanes of at least 4 members (excludes halogenated alkanes) is 1. The topological polar surface area (TPSA) is 114 Å². The molecule has 0 aromatic carbocycles. The van der Waals surface area contributed by atoms with Gasteiger partial charge >= 0.3 is 0 Å². The molecule has 23 heavy (non-hydrogen) atoms. The van der Waals surface area contributed by atoms with Crippen LogP contribution in [0.1, 0.15) is 26.7 Å². The minimum absolute atomic E-state index is 0.114. The minimum Gasteiger partial charge on any atom is -0.388 e. The predicted molar refractivity (Wildman–Crippen MR) is 90.4 cm³/mol. The highest BCUT2D eigenvalue weighted by Crippen LogP contribution is 2.39. The summed E-state index contributed by atoms with van der Waals surface area (Å²) in [4.78, 5) is 13.4. The molecule has 3 N–H and O–H groups in total. The van der Waals surface area contributed by atoms with Gasteiger partial charge in [0.15, 0.2) is 17.9 Å². The molecule has 1 unspecified atom stereocenters. The van der Waals surface area contributed by atoms with E-state index in [1.807, 2.05) is 0 Å². The van der Waals surface area contributed by atoms with E-state index in [0.717, 1.165) is 18.6 Å². The number of aliphatic hydroxyl groups excluding tert-OH is 2. The normalized spacial score (nSPS) is 39.0. The molecule has 1 fully saturated rings. The first-order chi connectivity index (χ1) is 11.0. The summed E-state index contributed by atoms with van der Waals surface area (Å²) < 4.78 is 5.65. The first-order valence-corrected chi connectivity index (χ1v) is 8.69. The van der Waals surface area contributed by atoms with E-state index in [9.17, 15) is 10.2 Å². The average Bonchev–Trinajstić information content (AvgIpc) is 3.03. The van der Waals surface area contributed by atoms with Crippen LogP contribution in [-0.4, -0.2) is 74.6 Å². The maximum absolute atomic E-state index is 10.2. The number of rotatable bonds is 5. The van der Waals surface area contributed by atoms with Gasteiger partial charge < -0.3 is 14.9 Å². The van der Waals surface area contributed by atoms with Crippen molar-refractivity contribution in [3.05, 3.63) is 0 Å². The summed E-state index contributed by atoms with van der Waals surface area (Å²) in [5.74, 6) is 1.44. The summed E-state index contributed by atoms with van der Waals surface area (Å²) >= 11 is 1.51. The van der Waals surface area contributed by atoms with Crippen LogP contribution >= 0.6 is 11.8 Å². The van der Waals surface area contributed by atoms with Gasteiger partial charge in [-0.1, -0.05) is 13.3 Å². The summed E-state index contributed by atoms with van der Waals surface area (Å²) in [6, 6.07) is 0. The van der Waals surface area contributed by atoms with E-state index in [2.05, 4.69) is 21.9 Å². The monoisotopic (exact) mass is 339 g/mol. The largest absolute Gasteiger partial charge is 0.388 e. The molecule has 0 aliphatic carbocycles. The van der Waals surface area contributed by atoms with Gasteiger partial charge in [0.2, 0.25) is 4.87 Å². The zero-order valence-electron chi connectivity index (χ0n) is 13.1. The molecule has 0 aromatic heterocycles. The average molecular weight is 339 g/mol. The fraction of sp³-hybridized carbons (Fsp3) is 0.714. The van der Waals surface area contributed by atoms with Crippen LogP contribution in [0.15, 0.2) is 15.0 Å². The van der Waals surface area contributed by atoms with Crippen molar-refractivity contribution in [1.29, 1.82) is 5.41 Å². The first-order valence-electron chi connectivity index (χ1n) is 7.70. The lowest BCUT2D eigenvalue weighted by molar-refractivity contribution is -0.0306. The Hall–Kier alpha value is -1.29. The lowest BCUT2D eigenvalue weighted by atomic mass is 10.1. The molecule has 0 radical (unpaired) electrons. The van der Waals surface area contributed by atoms with Crippen molar-refractivity contribution >= 4 is 36.1 Å². The van der Waals surface area contributed by atoms with Crippen molar-refractivity contribution in [2.24, 2.45) is 15.0 Å². The van der Waals surface area contributed by atoms with Gasteiger partial charge in [-0.2, -0.15) is 0 Å². The number of thioether (sulfide) groups is 1. The van der Waals surface area contributed by atoms with Gasteiger partial charge in [0.25, 0.3) is 0 Å². The standard InChI is InChI=1S/C14H21N5O3S/c1-3-4-5-23-14-12(15)16-6-17-13(14)19(7-18-14)11-10(21)9(20)8(2)22-11/h6-11,15,20-21H,3-5H2,1-2H3/t8-,9-,10-,11-,14?/m1/s1. The van der Waals surface area contributed by atoms with Crippen LogP contribution in [-0.2, 0) is 4.74 Å². The molecule has 3 aliphatic heterocycles. The molecule has 9 heteroatoms. The lowest BCUT2D eigenvalue weighted by Crippen LogP contribution is -2.52. The van der Waals surface area contributed by atoms with Crippen LogP contribution < -0.4 is 0 Å².